The van der Waals surface area contributed by atoms with Crippen LogP contribution >= 0.6 is 11.6 Å². The minimum absolute atomic E-state index is 0.0133. The highest BCUT2D eigenvalue weighted by Crippen LogP contribution is 2.20. The molecule has 4 rings (SSSR count). The number of nitrogens with zero attached hydrogens (tertiary/aromatic N) is 3. The summed E-state index contributed by atoms with van der Waals surface area (Å²) in [5, 5.41) is 10.4. The third-order valence-electron chi connectivity index (χ3n) is 7.38. The first kappa shape index (κ1) is 37.9. The van der Waals surface area contributed by atoms with E-state index >= 15 is 0 Å². The van der Waals surface area contributed by atoms with Crippen molar-refractivity contribution in [3.63, 3.8) is 0 Å². The molecule has 0 aliphatic rings. The molecule has 0 radical (unpaired) electrons. The molecule has 16 nitrogen and oxygen atoms in total. The van der Waals surface area contributed by atoms with Crippen molar-refractivity contribution in [1.82, 2.24) is 19.0 Å². The maximum absolute atomic E-state index is 13.1. The molecule has 0 unspecified atom stereocenters. The Kier molecular flexibility index (Phi) is 12.0. The molecule has 5 amide bonds. The largest absolute Gasteiger partial charge is 0.370 e. The molecule has 0 bridgehead atoms. The number of hydrogen-bond acceptors (Lipinski definition) is 8. The lowest BCUT2D eigenvalue weighted by Crippen LogP contribution is -2.29. The summed E-state index contributed by atoms with van der Waals surface area (Å²) in [6.45, 7) is 0.0706. The number of anilines is 3. The van der Waals surface area contributed by atoms with Crippen LogP contribution in [0, 0.1) is 0 Å². The number of benzene rings is 1. The van der Waals surface area contributed by atoms with Crippen LogP contribution in [0.5, 0.6) is 0 Å². The summed E-state index contributed by atoms with van der Waals surface area (Å²) >= 11 is 5.54. The van der Waals surface area contributed by atoms with Crippen molar-refractivity contribution in [3.8, 4) is 0 Å². The van der Waals surface area contributed by atoms with Gasteiger partial charge in [0.25, 0.3) is 23.6 Å². The molecule has 4 aromatic rings. The molecule has 0 saturated carbocycles. The van der Waals surface area contributed by atoms with Crippen LogP contribution in [0.4, 0.5) is 17.1 Å². The van der Waals surface area contributed by atoms with Gasteiger partial charge in [-0.05, 0) is 42.0 Å². The van der Waals surface area contributed by atoms with Crippen LogP contribution in [0.1, 0.15) is 43.4 Å². The molecule has 0 fully saturated rings. The SMILES string of the molecule is Cn1cc(NC(=O)c2cc(NC(=O)c3cc(NC(=O)C(=O)/C=C/c4ccc(S(=O)(=O)CCCl)cc4)cn3C)cn2C)cc1C(=O)NCCC(N)=O. The van der Waals surface area contributed by atoms with E-state index in [0.717, 1.165) is 6.08 Å². The number of nitrogens with two attached hydrogens (primary N) is 1. The van der Waals surface area contributed by atoms with Crippen molar-refractivity contribution in [2.75, 3.05) is 34.1 Å². The van der Waals surface area contributed by atoms with Gasteiger partial charge in [0, 0.05) is 58.6 Å². The molecule has 18 heteroatoms. The van der Waals surface area contributed by atoms with Gasteiger partial charge in [0.05, 0.1) is 27.7 Å². The van der Waals surface area contributed by atoms with Gasteiger partial charge in [0.2, 0.25) is 11.7 Å². The fraction of sp³-hybridized carbons (Fsp3) is 0.212. The number of alkyl halides is 1. The predicted octanol–water partition coefficient (Wildman–Crippen LogP) is 2.05. The second-order valence-electron chi connectivity index (χ2n) is 11.3. The summed E-state index contributed by atoms with van der Waals surface area (Å²) in [7, 11) is 1.29. The van der Waals surface area contributed by atoms with E-state index in [1.165, 1.54) is 74.6 Å². The summed E-state index contributed by atoms with van der Waals surface area (Å²) < 4.78 is 28.7. The Hall–Kier alpha value is -5.94. The van der Waals surface area contributed by atoms with E-state index in [0.29, 0.717) is 16.9 Å². The van der Waals surface area contributed by atoms with Gasteiger partial charge in [0.1, 0.15) is 17.1 Å². The first-order chi connectivity index (χ1) is 24.1. The molecule has 0 saturated heterocycles. The number of halogens is 1. The molecule has 268 valence electrons. The van der Waals surface area contributed by atoms with Crippen molar-refractivity contribution in [3.05, 3.63) is 89.8 Å². The van der Waals surface area contributed by atoms with Crippen molar-refractivity contribution in [1.29, 1.82) is 0 Å². The second kappa shape index (κ2) is 16.2. The van der Waals surface area contributed by atoms with Crippen molar-refractivity contribution < 1.29 is 37.2 Å². The fourth-order valence-corrected chi connectivity index (χ4v) is 6.40. The standard InChI is InChI=1S/C33H35ClN8O8S/c1-40-17-21(14-25(40)30(45)36-12-10-29(35)44)37-31(46)26-15-22(18-41(26)2)38-32(47)27-16-23(19-42(27)3)39-33(48)28(43)9-6-20-4-7-24(8-5-20)51(49,50)13-11-34/h4-9,14-19H,10-13H2,1-3H3,(H2,35,44)(H,36,45)(H,37,46)(H,38,47)(H,39,48)/b9-6+. The Balaban J connectivity index is 1.34. The van der Waals surface area contributed by atoms with E-state index in [1.807, 2.05) is 0 Å². The maximum Gasteiger partial charge on any atom is 0.296 e. The number of sulfone groups is 1. The molecule has 0 spiro atoms. The average molecular weight is 739 g/mol. The first-order valence-electron chi connectivity index (χ1n) is 15.2. The monoisotopic (exact) mass is 738 g/mol. The number of carbonyl (C=O) groups excluding carboxylic acids is 6. The van der Waals surface area contributed by atoms with Crippen molar-refractivity contribution in [2.45, 2.75) is 11.3 Å². The van der Waals surface area contributed by atoms with Gasteiger partial charge < -0.3 is 40.7 Å². The third-order valence-corrected chi connectivity index (χ3v) is 9.52. The van der Waals surface area contributed by atoms with E-state index in [-0.39, 0.29) is 52.3 Å². The van der Waals surface area contributed by atoms with Gasteiger partial charge in [-0.25, -0.2) is 8.42 Å². The van der Waals surface area contributed by atoms with Crippen LogP contribution in [0.25, 0.3) is 6.08 Å². The van der Waals surface area contributed by atoms with Crippen LogP contribution in [0.15, 0.2) is 72.0 Å². The van der Waals surface area contributed by atoms with Crippen LogP contribution in [0.2, 0.25) is 0 Å². The fourth-order valence-electron chi connectivity index (χ4n) is 4.80. The molecular formula is C33H35ClN8O8S. The Morgan fingerprint density at radius 2 is 1.22 bits per heavy atom. The van der Waals surface area contributed by atoms with Crippen LogP contribution in [-0.2, 0) is 45.4 Å². The zero-order valence-corrected chi connectivity index (χ0v) is 29.3. The Labute approximate surface area is 297 Å². The molecular weight excluding hydrogens is 704 g/mol. The molecule has 6 N–H and O–H groups in total. The number of carbonyl (C=O) groups is 6. The summed E-state index contributed by atoms with van der Waals surface area (Å²) in [5.41, 5.74) is 6.99. The van der Waals surface area contributed by atoms with Gasteiger partial charge in [-0.3, -0.25) is 28.8 Å². The number of aryl methyl sites for hydroxylation is 3. The Morgan fingerprint density at radius 3 is 1.69 bits per heavy atom. The number of aromatic nitrogens is 3. The molecule has 3 aromatic heterocycles. The summed E-state index contributed by atoms with van der Waals surface area (Å²) in [6.07, 6.45) is 6.91. The molecule has 51 heavy (non-hydrogen) atoms. The topological polar surface area (TPSA) is 225 Å². The Bertz CT molecular complexity index is 2150. The highest BCUT2D eigenvalue weighted by Gasteiger charge is 2.20. The van der Waals surface area contributed by atoms with Crippen molar-refractivity contribution in [2.24, 2.45) is 26.9 Å². The molecule has 0 atom stereocenters. The molecule has 1 aromatic carbocycles. The highest BCUT2D eigenvalue weighted by atomic mass is 35.5. The van der Waals surface area contributed by atoms with Gasteiger partial charge >= 0.3 is 0 Å². The quantitative estimate of drug-likeness (QED) is 0.0688. The number of hydrogen-bond donors (Lipinski definition) is 5. The van der Waals surface area contributed by atoms with Gasteiger partial charge in [0.15, 0.2) is 9.84 Å². The van der Waals surface area contributed by atoms with Crippen LogP contribution < -0.4 is 27.0 Å². The Morgan fingerprint density at radius 1 is 0.745 bits per heavy atom. The van der Waals surface area contributed by atoms with Gasteiger partial charge in [-0.15, -0.1) is 11.6 Å². The predicted molar refractivity (Wildman–Crippen MR) is 190 cm³/mol. The zero-order valence-electron chi connectivity index (χ0n) is 27.7. The summed E-state index contributed by atoms with van der Waals surface area (Å²) in [5.74, 6) is -4.16. The van der Waals surface area contributed by atoms with E-state index in [4.69, 9.17) is 17.3 Å². The van der Waals surface area contributed by atoms with Crippen molar-refractivity contribution >= 4 is 79.9 Å². The third kappa shape index (κ3) is 9.83. The lowest BCUT2D eigenvalue weighted by atomic mass is 10.2. The minimum atomic E-state index is -3.51. The first-order valence-corrected chi connectivity index (χ1v) is 17.4. The van der Waals surface area contributed by atoms with Gasteiger partial charge in [-0.1, -0.05) is 18.2 Å². The number of primary amides is 1. The molecule has 0 aliphatic carbocycles. The van der Waals surface area contributed by atoms with Gasteiger partial charge in [-0.2, -0.15) is 0 Å². The normalized spacial score (nSPS) is 11.3. The lowest BCUT2D eigenvalue weighted by molar-refractivity contribution is -0.131. The van der Waals surface area contributed by atoms with E-state index in [2.05, 4.69) is 21.3 Å². The zero-order chi connectivity index (χ0) is 37.5. The van der Waals surface area contributed by atoms with Crippen LogP contribution in [0.3, 0.4) is 0 Å². The van der Waals surface area contributed by atoms with Crippen LogP contribution in [-0.4, -0.2) is 75.6 Å². The summed E-state index contributed by atoms with van der Waals surface area (Å²) in [6, 6.07) is 10.1. The number of rotatable bonds is 15. The second-order valence-corrected chi connectivity index (χ2v) is 13.8. The number of nitrogens with one attached hydrogen (secondary N) is 4. The minimum Gasteiger partial charge on any atom is -0.370 e. The maximum atomic E-state index is 13.1. The lowest BCUT2D eigenvalue weighted by Gasteiger charge is -2.04. The smallest absolute Gasteiger partial charge is 0.296 e. The highest BCUT2D eigenvalue weighted by molar-refractivity contribution is 7.91. The summed E-state index contributed by atoms with van der Waals surface area (Å²) in [4.78, 5) is 74.6. The molecule has 0 aliphatic heterocycles. The van der Waals surface area contributed by atoms with E-state index in [1.54, 1.807) is 27.3 Å². The molecule has 3 heterocycles. The number of amides is 5. The van der Waals surface area contributed by atoms with E-state index < -0.39 is 45.2 Å². The average Bonchev–Trinajstić information content (AvgIpc) is 3.74. The number of ketones is 1. The van der Waals surface area contributed by atoms with E-state index in [9.17, 15) is 37.2 Å².